The maximum Gasteiger partial charge on any atom is 0.334 e. The van der Waals surface area contributed by atoms with Crippen molar-refractivity contribution < 1.29 is 33.0 Å². The second-order valence-corrected chi connectivity index (χ2v) is 6.98. The topological polar surface area (TPSA) is 99.1 Å². The monoisotopic (exact) mass is 322 g/mol. The molecule has 0 atom stereocenters. The summed E-state index contributed by atoms with van der Waals surface area (Å²) < 4.78 is 27.8. The second kappa shape index (κ2) is 8.32. The Morgan fingerprint density at radius 1 is 1.19 bits per heavy atom. The lowest BCUT2D eigenvalue weighted by atomic mass is 10.1. The third kappa shape index (κ3) is 7.99. The molecule has 0 aliphatic rings. The number of esters is 1. The van der Waals surface area contributed by atoms with Crippen molar-refractivity contribution in [3.63, 3.8) is 0 Å². The fraction of sp³-hybridized carbons (Fsp3) is 0.692. The molecule has 1 N–H and O–H groups in total. The molecule has 0 aromatic rings. The molecule has 0 fully saturated rings. The normalized spacial score (nSPS) is 12.0. The quantitative estimate of drug-likeness (QED) is 0.375. The van der Waals surface area contributed by atoms with Crippen molar-refractivity contribution in [1.82, 2.24) is 0 Å². The van der Waals surface area contributed by atoms with Gasteiger partial charge in [-0.05, 0) is 27.7 Å². The molecule has 0 aliphatic heterocycles. The summed E-state index contributed by atoms with van der Waals surface area (Å²) in [6, 6.07) is 0. The Bertz CT molecular complexity index is 432. The largest absolute Gasteiger partial charge is 0.481 e. The maximum atomic E-state index is 12.4. The van der Waals surface area contributed by atoms with E-state index in [-0.39, 0.29) is 24.9 Å². The van der Waals surface area contributed by atoms with Gasteiger partial charge in [-0.1, -0.05) is 6.58 Å². The molecule has 0 heterocycles. The highest BCUT2D eigenvalue weighted by molar-refractivity contribution is 7.53. The van der Waals surface area contributed by atoms with Crippen molar-refractivity contribution in [2.24, 2.45) is 0 Å². The van der Waals surface area contributed by atoms with Gasteiger partial charge in [-0.3, -0.25) is 9.36 Å². The fourth-order valence-electron chi connectivity index (χ4n) is 1.60. The van der Waals surface area contributed by atoms with E-state index in [9.17, 15) is 14.2 Å². The Morgan fingerprint density at radius 2 is 1.67 bits per heavy atom. The van der Waals surface area contributed by atoms with E-state index in [4.69, 9.17) is 18.9 Å². The molecule has 0 rings (SSSR count). The number of hydrogen-bond acceptors (Lipinski definition) is 6. The van der Waals surface area contributed by atoms with Gasteiger partial charge in [0.15, 0.2) is 0 Å². The van der Waals surface area contributed by atoms with Gasteiger partial charge in [0.25, 0.3) is 0 Å². The third-order valence-electron chi connectivity index (χ3n) is 2.25. The summed E-state index contributed by atoms with van der Waals surface area (Å²) >= 11 is 0. The summed E-state index contributed by atoms with van der Waals surface area (Å²) in [5.74, 6) is -2.02. The molecule has 0 spiro atoms. The molecule has 0 saturated heterocycles. The lowest BCUT2D eigenvalue weighted by molar-refractivity contribution is -0.151. The first-order valence-corrected chi connectivity index (χ1v) is 8.29. The number of carboxylic acid groups (broad SMARTS) is 1. The minimum Gasteiger partial charge on any atom is -0.481 e. The summed E-state index contributed by atoms with van der Waals surface area (Å²) in [7, 11) is -3.38. The van der Waals surface area contributed by atoms with Gasteiger partial charge in [-0.15, -0.1) is 0 Å². The van der Waals surface area contributed by atoms with Gasteiger partial charge in [0.05, 0.1) is 25.8 Å². The highest BCUT2D eigenvalue weighted by atomic mass is 31.2. The van der Waals surface area contributed by atoms with Crippen molar-refractivity contribution in [2.75, 3.05) is 19.4 Å². The number of rotatable bonds is 10. The Kier molecular flexibility index (Phi) is 7.85. The van der Waals surface area contributed by atoms with Crippen LogP contribution in [0, 0.1) is 0 Å². The third-order valence-corrected chi connectivity index (χ3v) is 4.70. The Balaban J connectivity index is 4.80. The molecule has 0 radical (unpaired) electrons. The predicted octanol–water partition coefficient (Wildman–Crippen LogP) is 2.61. The molecule has 0 saturated carbocycles. The molecule has 0 aromatic carbocycles. The van der Waals surface area contributed by atoms with Crippen LogP contribution in [0.25, 0.3) is 0 Å². The molecule has 21 heavy (non-hydrogen) atoms. The summed E-state index contributed by atoms with van der Waals surface area (Å²) in [4.78, 5) is 22.3. The van der Waals surface area contributed by atoms with Gasteiger partial charge in [-0.25, -0.2) is 4.79 Å². The molecule has 0 aromatic heterocycles. The summed E-state index contributed by atoms with van der Waals surface area (Å²) in [6.45, 7) is 10.2. The zero-order chi connectivity index (χ0) is 16.7. The smallest absolute Gasteiger partial charge is 0.334 e. The number of carbonyl (C=O) groups excluding carboxylic acids is 1. The minimum absolute atomic E-state index is 0.131. The van der Waals surface area contributed by atoms with E-state index in [0.29, 0.717) is 0 Å². The van der Waals surface area contributed by atoms with Crippen LogP contribution in [0.2, 0.25) is 0 Å². The summed E-state index contributed by atoms with van der Waals surface area (Å²) in [6.07, 6.45) is -0.642. The van der Waals surface area contributed by atoms with Crippen LogP contribution in [-0.4, -0.2) is 42.0 Å². The zero-order valence-corrected chi connectivity index (χ0v) is 13.8. The molecule has 0 bridgehead atoms. The first kappa shape index (κ1) is 19.8. The molecule has 7 nitrogen and oxygen atoms in total. The highest BCUT2D eigenvalue weighted by Crippen LogP contribution is 2.51. The van der Waals surface area contributed by atoms with E-state index < -0.39 is 31.6 Å². The van der Waals surface area contributed by atoms with E-state index in [2.05, 4.69) is 6.58 Å². The molecule has 0 amide bonds. The number of hydrogen-bond donors (Lipinski definition) is 1. The van der Waals surface area contributed by atoms with Gasteiger partial charge < -0.3 is 18.9 Å². The van der Waals surface area contributed by atoms with Gasteiger partial charge in [-0.2, -0.15) is 0 Å². The minimum atomic E-state index is -3.38. The van der Waals surface area contributed by atoms with Crippen LogP contribution in [-0.2, 0) is 27.9 Å². The van der Waals surface area contributed by atoms with Crippen LogP contribution < -0.4 is 0 Å². The Hall–Kier alpha value is -1.17. The van der Waals surface area contributed by atoms with Gasteiger partial charge in [0.1, 0.15) is 5.60 Å². The average Bonchev–Trinajstić information content (AvgIpc) is 2.26. The van der Waals surface area contributed by atoms with E-state index in [1.807, 2.05) is 0 Å². The van der Waals surface area contributed by atoms with Crippen LogP contribution in [0.15, 0.2) is 12.2 Å². The summed E-state index contributed by atoms with van der Waals surface area (Å²) in [5.41, 5.74) is -1.32. The number of carboxylic acids is 1. The Labute approximate surface area is 124 Å². The van der Waals surface area contributed by atoms with Crippen LogP contribution >= 0.6 is 7.60 Å². The highest BCUT2D eigenvalue weighted by Gasteiger charge is 2.36. The van der Waals surface area contributed by atoms with Gasteiger partial charge in [0, 0.05) is 5.57 Å². The SMILES string of the molecule is C=C(CC(=O)O)C(=O)OC(C)(C)CP(=O)(OCC)OCC. The van der Waals surface area contributed by atoms with E-state index in [0.717, 1.165) is 0 Å². The lowest BCUT2D eigenvalue weighted by Gasteiger charge is -2.29. The predicted molar refractivity (Wildman–Crippen MR) is 77.3 cm³/mol. The van der Waals surface area contributed by atoms with E-state index >= 15 is 0 Å². The fourth-order valence-corrected chi connectivity index (χ4v) is 3.64. The average molecular weight is 322 g/mol. The number of ether oxygens (including phenoxy) is 1. The van der Waals surface area contributed by atoms with Crippen molar-refractivity contribution in [1.29, 1.82) is 0 Å². The molecule has 122 valence electrons. The van der Waals surface area contributed by atoms with Crippen molar-refractivity contribution in [2.45, 2.75) is 39.7 Å². The molecule has 0 unspecified atom stereocenters. The van der Waals surface area contributed by atoms with Crippen molar-refractivity contribution in [3.8, 4) is 0 Å². The van der Waals surface area contributed by atoms with Crippen LogP contribution in [0.1, 0.15) is 34.1 Å². The van der Waals surface area contributed by atoms with E-state index in [1.54, 1.807) is 27.7 Å². The van der Waals surface area contributed by atoms with Crippen molar-refractivity contribution in [3.05, 3.63) is 12.2 Å². The molecule has 0 aliphatic carbocycles. The first-order chi connectivity index (χ1) is 9.55. The van der Waals surface area contributed by atoms with Gasteiger partial charge in [0.2, 0.25) is 0 Å². The van der Waals surface area contributed by atoms with Crippen LogP contribution in [0.5, 0.6) is 0 Å². The zero-order valence-electron chi connectivity index (χ0n) is 12.9. The van der Waals surface area contributed by atoms with Crippen LogP contribution in [0.3, 0.4) is 0 Å². The standard InChI is InChI=1S/C13H23O7P/c1-6-18-21(17,19-7-2)9-13(4,5)20-12(16)10(3)8-11(14)15/h3,6-9H2,1-2,4-5H3,(H,14,15). The second-order valence-electron chi connectivity index (χ2n) is 4.93. The van der Waals surface area contributed by atoms with Crippen LogP contribution in [0.4, 0.5) is 0 Å². The molecular formula is C13H23O7P. The Morgan fingerprint density at radius 3 is 2.05 bits per heavy atom. The van der Waals surface area contributed by atoms with Crippen molar-refractivity contribution >= 4 is 19.5 Å². The molecule has 8 heteroatoms. The lowest BCUT2D eigenvalue weighted by Crippen LogP contribution is -2.33. The molecular weight excluding hydrogens is 299 g/mol. The summed E-state index contributed by atoms with van der Waals surface area (Å²) in [5, 5.41) is 8.60. The maximum absolute atomic E-state index is 12.4. The first-order valence-electron chi connectivity index (χ1n) is 6.56. The van der Waals surface area contributed by atoms with Gasteiger partial charge >= 0.3 is 19.5 Å². The van der Waals surface area contributed by atoms with E-state index in [1.165, 1.54) is 0 Å². The number of carbonyl (C=O) groups is 2. The number of aliphatic carboxylic acids is 1.